The lowest BCUT2D eigenvalue weighted by Gasteiger charge is -2.25. The van der Waals surface area contributed by atoms with E-state index in [2.05, 4.69) is 26.6 Å². The summed E-state index contributed by atoms with van der Waals surface area (Å²) in [6.07, 6.45) is 3.68. The number of carbonyl (C=O) groups is 8. The second-order valence-electron chi connectivity index (χ2n) is 12.5. The van der Waals surface area contributed by atoms with Crippen LogP contribution in [0, 0.1) is 0 Å². The molecule has 0 fully saturated rings. The summed E-state index contributed by atoms with van der Waals surface area (Å²) >= 11 is 0. The summed E-state index contributed by atoms with van der Waals surface area (Å²) in [5.41, 5.74) is 12.4. The number of unbranched alkanes of at least 4 members (excludes halogenated alkanes) is 1. The fourth-order valence-corrected chi connectivity index (χ4v) is 5.46. The maximum absolute atomic E-state index is 13.8. The summed E-state index contributed by atoms with van der Waals surface area (Å²) in [4.78, 5) is 102. The zero-order valence-corrected chi connectivity index (χ0v) is 29.2. The van der Waals surface area contributed by atoms with Crippen LogP contribution in [0.4, 0.5) is 0 Å². The molecule has 3 rings (SSSR count). The highest BCUT2D eigenvalue weighted by Crippen LogP contribution is 2.14. The van der Waals surface area contributed by atoms with Crippen molar-refractivity contribution >= 4 is 47.1 Å². The normalized spacial score (nSPS) is 21.7. The minimum Gasteiger partial charge on any atom is -0.370 e. The Hall–Kier alpha value is -5.86. The Kier molecular flexibility index (Phi) is 16.2. The molecule has 1 unspecified atom stereocenters. The van der Waals surface area contributed by atoms with E-state index in [1.165, 1.54) is 0 Å². The Morgan fingerprint density at radius 2 is 1.29 bits per heavy atom. The first-order valence-corrected chi connectivity index (χ1v) is 17.3. The van der Waals surface area contributed by atoms with Crippen LogP contribution in [0.1, 0.15) is 79.8 Å². The minimum absolute atomic E-state index is 0.0469. The van der Waals surface area contributed by atoms with Gasteiger partial charge in [0, 0.05) is 42.7 Å². The Morgan fingerprint density at radius 1 is 0.692 bits per heavy atom. The van der Waals surface area contributed by atoms with Crippen LogP contribution in [0.3, 0.4) is 0 Å². The van der Waals surface area contributed by atoms with Crippen molar-refractivity contribution in [2.45, 2.75) is 88.9 Å². The topological polar surface area (TPSA) is 249 Å². The number of carbonyl (C=O) groups excluding carboxylic acids is 8. The first-order valence-electron chi connectivity index (χ1n) is 17.3. The molecule has 15 nitrogen and oxygen atoms in total. The number of nitrogens with one attached hydrogen (secondary N) is 5. The summed E-state index contributed by atoms with van der Waals surface area (Å²) in [6.45, 7) is 2.07. The number of nitrogens with two attached hydrogens (primary N) is 2. The molecular formula is C37H47N7O8. The fraction of sp³-hybridized carbons (Fsp3) is 0.405. The molecule has 9 N–H and O–H groups in total. The van der Waals surface area contributed by atoms with Crippen LogP contribution in [0.5, 0.6) is 0 Å². The van der Waals surface area contributed by atoms with E-state index < -0.39 is 65.5 Å². The van der Waals surface area contributed by atoms with Crippen LogP contribution in [0.2, 0.25) is 0 Å². The molecule has 15 heteroatoms. The number of benzene rings is 2. The first-order chi connectivity index (χ1) is 24.9. The van der Waals surface area contributed by atoms with Gasteiger partial charge in [-0.1, -0.05) is 74.4 Å². The van der Waals surface area contributed by atoms with Crippen LogP contribution in [0.15, 0.2) is 66.7 Å². The molecule has 0 spiro atoms. The summed E-state index contributed by atoms with van der Waals surface area (Å²) in [6, 6.07) is 10.9. The van der Waals surface area contributed by atoms with Crippen LogP contribution in [-0.4, -0.2) is 77.8 Å². The van der Waals surface area contributed by atoms with Crippen molar-refractivity contribution in [1.29, 1.82) is 0 Å². The van der Waals surface area contributed by atoms with E-state index in [9.17, 15) is 38.4 Å². The molecule has 0 bridgehead atoms. The number of hydrogen-bond acceptors (Lipinski definition) is 8. The van der Waals surface area contributed by atoms with Crippen LogP contribution in [0.25, 0.3) is 0 Å². The van der Waals surface area contributed by atoms with Gasteiger partial charge in [-0.25, -0.2) is 0 Å². The summed E-state index contributed by atoms with van der Waals surface area (Å²) in [5.74, 6) is -5.27. The monoisotopic (exact) mass is 717 g/mol. The quantitative estimate of drug-likeness (QED) is 0.158. The number of ketones is 1. The van der Waals surface area contributed by atoms with Gasteiger partial charge in [-0.15, -0.1) is 0 Å². The second-order valence-corrected chi connectivity index (χ2v) is 12.5. The average Bonchev–Trinajstić information content (AvgIpc) is 3.12. The van der Waals surface area contributed by atoms with Gasteiger partial charge in [0.2, 0.25) is 41.4 Å². The molecule has 2 aromatic carbocycles. The van der Waals surface area contributed by atoms with Crippen molar-refractivity contribution in [3.05, 3.63) is 83.4 Å². The van der Waals surface area contributed by atoms with Gasteiger partial charge in [0.25, 0.3) is 0 Å². The molecule has 0 radical (unpaired) electrons. The molecule has 1 aliphatic rings. The second kappa shape index (κ2) is 20.7. The highest BCUT2D eigenvalue weighted by molar-refractivity contribution is 6.09. The fourth-order valence-electron chi connectivity index (χ4n) is 5.46. The van der Waals surface area contributed by atoms with Crippen molar-refractivity contribution in [3.63, 3.8) is 0 Å². The van der Waals surface area contributed by atoms with Gasteiger partial charge in [0.15, 0.2) is 5.78 Å². The molecule has 1 aliphatic heterocycles. The zero-order chi connectivity index (χ0) is 38.0. The molecule has 0 aromatic heterocycles. The van der Waals surface area contributed by atoms with Crippen molar-refractivity contribution < 1.29 is 38.4 Å². The molecule has 52 heavy (non-hydrogen) atoms. The SMILES string of the molecule is CCCCC1NC(=O)[C@H](CCC(N)=O)NC(=O)/C=C/C(=O)N[C@H](C(N)=O)CCCCNC(=O)[C@@H](Cc2ccc(C(=O)c3ccccc3)cc2)NC1=O. The summed E-state index contributed by atoms with van der Waals surface area (Å²) < 4.78 is 0. The molecule has 7 amide bonds. The minimum atomic E-state index is -1.31. The van der Waals surface area contributed by atoms with E-state index in [0.29, 0.717) is 42.4 Å². The van der Waals surface area contributed by atoms with E-state index >= 15 is 0 Å². The van der Waals surface area contributed by atoms with Gasteiger partial charge >= 0.3 is 0 Å². The van der Waals surface area contributed by atoms with Crippen molar-refractivity contribution in [3.8, 4) is 0 Å². The smallest absolute Gasteiger partial charge is 0.244 e. The molecule has 2 aromatic rings. The predicted octanol–water partition coefficient (Wildman–Crippen LogP) is 0.197. The third kappa shape index (κ3) is 13.5. The molecule has 0 saturated heterocycles. The number of hydrogen-bond donors (Lipinski definition) is 7. The maximum Gasteiger partial charge on any atom is 0.244 e. The molecule has 0 aliphatic carbocycles. The molecule has 278 valence electrons. The summed E-state index contributed by atoms with van der Waals surface area (Å²) in [7, 11) is 0. The number of primary amides is 2. The maximum atomic E-state index is 13.8. The molecule has 0 saturated carbocycles. The van der Waals surface area contributed by atoms with Gasteiger partial charge in [0.05, 0.1) is 0 Å². The largest absolute Gasteiger partial charge is 0.370 e. The van der Waals surface area contributed by atoms with Crippen LogP contribution in [-0.2, 0) is 40.0 Å². The first kappa shape index (κ1) is 40.6. The third-order valence-electron chi connectivity index (χ3n) is 8.38. The van der Waals surface area contributed by atoms with Gasteiger partial charge in [-0.2, -0.15) is 0 Å². The highest BCUT2D eigenvalue weighted by atomic mass is 16.2. The van der Waals surface area contributed by atoms with Gasteiger partial charge in [-0.05, 0) is 37.7 Å². The van der Waals surface area contributed by atoms with Gasteiger partial charge in [-0.3, -0.25) is 38.4 Å². The van der Waals surface area contributed by atoms with E-state index in [-0.39, 0.29) is 44.4 Å². The standard InChI is InChI=1S/C37H47N7O8/c1-2-3-11-27-36(51)44-29(22-23-13-15-25(16-14-23)33(48)24-9-5-4-6-10-24)35(50)40-21-8-7-12-26(34(39)49)41-31(46)19-20-32(47)42-28(37(52)43-27)17-18-30(38)45/h4-6,9-10,13-16,19-20,26-29H,2-3,7-8,11-12,17-18,21-22H2,1H3,(H2,38,45)(H2,39,49)(H,40,50)(H,41,46)(H,42,47)(H,43,52)(H,44,51)/b20-19+/t26-,27?,28-,29+/m0/s1. The van der Waals surface area contributed by atoms with E-state index in [4.69, 9.17) is 11.5 Å². The van der Waals surface area contributed by atoms with Crippen molar-refractivity contribution in [2.75, 3.05) is 6.54 Å². The summed E-state index contributed by atoms with van der Waals surface area (Å²) in [5, 5.41) is 13.1. The Morgan fingerprint density at radius 3 is 1.90 bits per heavy atom. The highest BCUT2D eigenvalue weighted by Gasteiger charge is 2.30. The lowest BCUT2D eigenvalue weighted by Crippen LogP contribution is -2.57. The lowest BCUT2D eigenvalue weighted by molar-refractivity contribution is -0.133. The van der Waals surface area contributed by atoms with Crippen LogP contribution < -0.4 is 38.1 Å². The lowest BCUT2D eigenvalue weighted by atomic mass is 9.99. The Labute approximate surface area is 302 Å². The Balaban J connectivity index is 1.90. The van der Waals surface area contributed by atoms with Crippen LogP contribution >= 0.6 is 0 Å². The average molecular weight is 718 g/mol. The van der Waals surface area contributed by atoms with Gasteiger partial charge in [0.1, 0.15) is 24.2 Å². The third-order valence-corrected chi connectivity index (χ3v) is 8.38. The Bertz CT molecular complexity index is 1630. The van der Waals surface area contributed by atoms with E-state index in [1.54, 1.807) is 48.5 Å². The predicted molar refractivity (Wildman–Crippen MR) is 191 cm³/mol. The number of rotatable bonds is 11. The van der Waals surface area contributed by atoms with E-state index in [0.717, 1.165) is 12.2 Å². The molecule has 1 heterocycles. The molecular weight excluding hydrogens is 670 g/mol. The molecule has 4 atom stereocenters. The van der Waals surface area contributed by atoms with Gasteiger partial charge < -0.3 is 38.1 Å². The van der Waals surface area contributed by atoms with Crippen molar-refractivity contribution in [1.82, 2.24) is 26.6 Å². The van der Waals surface area contributed by atoms with E-state index in [1.807, 2.05) is 13.0 Å². The number of amides is 7. The zero-order valence-electron chi connectivity index (χ0n) is 29.2. The van der Waals surface area contributed by atoms with Crippen molar-refractivity contribution in [2.24, 2.45) is 11.5 Å².